The van der Waals surface area contributed by atoms with Gasteiger partial charge in [0.1, 0.15) is 12.7 Å². The second kappa shape index (κ2) is 12.2. The summed E-state index contributed by atoms with van der Waals surface area (Å²) in [6.07, 6.45) is 5.70. The summed E-state index contributed by atoms with van der Waals surface area (Å²) in [7, 11) is 1.86. The van der Waals surface area contributed by atoms with Crippen molar-refractivity contribution in [3.63, 3.8) is 0 Å². The second-order valence-corrected chi connectivity index (χ2v) is 7.21. The molecule has 1 N–H and O–H groups in total. The molecule has 2 aromatic rings. The fourth-order valence-electron chi connectivity index (χ4n) is 3.26. The first-order valence-electron chi connectivity index (χ1n) is 9.49. The number of piperazine rings is 1. The largest absolute Gasteiger partial charge is 0.356 e. The molecule has 0 unspecified atom stereocenters. The number of nitrogens with one attached hydrogen (secondary N) is 1. The summed E-state index contributed by atoms with van der Waals surface area (Å²) in [4.78, 5) is 9.27. The highest BCUT2D eigenvalue weighted by Gasteiger charge is 2.19. The molecular formula is C19H29ClIN7. The number of hydrogen-bond acceptors (Lipinski definition) is 4. The zero-order valence-corrected chi connectivity index (χ0v) is 19.4. The van der Waals surface area contributed by atoms with Crippen LogP contribution in [0, 0.1) is 0 Å². The van der Waals surface area contributed by atoms with E-state index >= 15 is 0 Å². The van der Waals surface area contributed by atoms with Gasteiger partial charge in [-0.1, -0.05) is 23.7 Å². The van der Waals surface area contributed by atoms with E-state index in [-0.39, 0.29) is 24.0 Å². The molecule has 3 rings (SSSR count). The van der Waals surface area contributed by atoms with Crippen molar-refractivity contribution in [3.8, 4) is 0 Å². The van der Waals surface area contributed by atoms with Crippen LogP contribution in [0.3, 0.4) is 0 Å². The quantitative estimate of drug-likeness (QED) is 0.265. The van der Waals surface area contributed by atoms with Crippen LogP contribution in [0.4, 0.5) is 0 Å². The molecule has 1 aliphatic rings. The number of guanidine groups is 1. The first-order valence-corrected chi connectivity index (χ1v) is 9.87. The molecule has 0 aliphatic carbocycles. The Balaban J connectivity index is 0.00000280. The third kappa shape index (κ3) is 7.21. The van der Waals surface area contributed by atoms with Gasteiger partial charge in [-0.2, -0.15) is 0 Å². The standard InChI is InChI=1S/C19H28ClN7.HI/c1-21-19(22-8-2-3-9-26-15-23-24-16-26)27-12-10-25(11-13-27)14-17-4-6-18(20)7-5-17;/h4-7,15-16H,2-3,8-14H2,1H3,(H,21,22);1H. The molecule has 0 atom stereocenters. The van der Waals surface area contributed by atoms with Crippen molar-refractivity contribution in [1.82, 2.24) is 29.9 Å². The topological polar surface area (TPSA) is 61.6 Å². The minimum absolute atomic E-state index is 0. The average molecular weight is 518 g/mol. The van der Waals surface area contributed by atoms with Gasteiger partial charge in [-0.3, -0.25) is 9.89 Å². The minimum Gasteiger partial charge on any atom is -0.356 e. The highest BCUT2D eigenvalue weighted by atomic mass is 127. The van der Waals surface area contributed by atoms with E-state index in [0.29, 0.717) is 0 Å². The van der Waals surface area contributed by atoms with Crippen LogP contribution in [0.25, 0.3) is 0 Å². The molecule has 0 amide bonds. The fraction of sp³-hybridized carbons (Fsp3) is 0.526. The van der Waals surface area contributed by atoms with Crippen LogP contribution in [-0.2, 0) is 13.1 Å². The predicted octanol–water partition coefficient (Wildman–Crippen LogP) is 2.72. The third-order valence-electron chi connectivity index (χ3n) is 4.80. The Morgan fingerprint density at radius 3 is 2.39 bits per heavy atom. The number of aryl methyl sites for hydroxylation is 1. The Bertz CT molecular complexity index is 698. The Labute approximate surface area is 189 Å². The summed E-state index contributed by atoms with van der Waals surface area (Å²) in [6, 6.07) is 8.13. The highest BCUT2D eigenvalue weighted by molar-refractivity contribution is 14.0. The molecule has 1 aromatic carbocycles. The van der Waals surface area contributed by atoms with E-state index in [9.17, 15) is 0 Å². The molecule has 0 spiro atoms. The number of nitrogens with zero attached hydrogens (tertiary/aromatic N) is 6. The third-order valence-corrected chi connectivity index (χ3v) is 5.05. The minimum atomic E-state index is 0. The van der Waals surface area contributed by atoms with Crippen LogP contribution >= 0.6 is 35.6 Å². The first kappa shape index (κ1) is 22.9. The van der Waals surface area contributed by atoms with Gasteiger partial charge < -0.3 is 14.8 Å². The molecule has 1 saturated heterocycles. The van der Waals surface area contributed by atoms with Crippen molar-refractivity contribution >= 4 is 41.5 Å². The SMILES string of the molecule is CN=C(NCCCCn1cnnc1)N1CCN(Cc2ccc(Cl)cc2)CC1.I. The van der Waals surface area contributed by atoms with Crippen molar-refractivity contribution in [2.45, 2.75) is 25.9 Å². The summed E-state index contributed by atoms with van der Waals surface area (Å²) in [6.45, 7) is 6.92. The monoisotopic (exact) mass is 517 g/mol. The molecule has 2 heterocycles. The van der Waals surface area contributed by atoms with Crippen molar-refractivity contribution in [3.05, 3.63) is 47.5 Å². The smallest absolute Gasteiger partial charge is 0.193 e. The van der Waals surface area contributed by atoms with Gasteiger partial charge in [0.05, 0.1) is 0 Å². The molecule has 0 bridgehead atoms. The summed E-state index contributed by atoms with van der Waals surface area (Å²) >= 11 is 5.96. The van der Waals surface area contributed by atoms with E-state index in [2.05, 4.69) is 42.4 Å². The van der Waals surface area contributed by atoms with E-state index in [0.717, 1.165) is 69.6 Å². The molecule has 1 aromatic heterocycles. The number of halogens is 2. The van der Waals surface area contributed by atoms with E-state index in [4.69, 9.17) is 11.6 Å². The van der Waals surface area contributed by atoms with Crippen LogP contribution < -0.4 is 5.32 Å². The summed E-state index contributed by atoms with van der Waals surface area (Å²) in [5.41, 5.74) is 1.31. The lowest BCUT2D eigenvalue weighted by Crippen LogP contribution is -2.52. The second-order valence-electron chi connectivity index (χ2n) is 6.77. The van der Waals surface area contributed by atoms with Crippen molar-refractivity contribution in [1.29, 1.82) is 0 Å². The maximum absolute atomic E-state index is 5.96. The number of hydrogen-bond donors (Lipinski definition) is 1. The Kier molecular flexibility index (Phi) is 10.0. The highest BCUT2D eigenvalue weighted by Crippen LogP contribution is 2.13. The Morgan fingerprint density at radius 2 is 1.75 bits per heavy atom. The molecule has 154 valence electrons. The zero-order chi connectivity index (χ0) is 18.9. The van der Waals surface area contributed by atoms with Crippen LogP contribution in [0.15, 0.2) is 41.9 Å². The molecule has 9 heteroatoms. The van der Waals surface area contributed by atoms with Gasteiger partial charge in [0.15, 0.2) is 5.96 Å². The molecule has 7 nitrogen and oxygen atoms in total. The number of aromatic nitrogens is 3. The number of unbranched alkanes of at least 4 members (excludes halogenated alkanes) is 1. The lowest BCUT2D eigenvalue weighted by molar-refractivity contribution is 0.172. The lowest BCUT2D eigenvalue weighted by atomic mass is 10.2. The Hall–Kier alpha value is -1.39. The molecule has 0 radical (unpaired) electrons. The van der Waals surface area contributed by atoms with Crippen LogP contribution in [0.5, 0.6) is 0 Å². The van der Waals surface area contributed by atoms with Crippen molar-refractivity contribution in [2.75, 3.05) is 39.8 Å². The van der Waals surface area contributed by atoms with Gasteiger partial charge in [-0.05, 0) is 30.5 Å². The number of benzene rings is 1. The van der Waals surface area contributed by atoms with Gasteiger partial charge in [0.2, 0.25) is 0 Å². The van der Waals surface area contributed by atoms with Gasteiger partial charge >= 0.3 is 0 Å². The average Bonchev–Trinajstić information content (AvgIpc) is 3.21. The van der Waals surface area contributed by atoms with Gasteiger partial charge in [0, 0.05) is 57.9 Å². The van der Waals surface area contributed by atoms with E-state index in [1.165, 1.54) is 5.56 Å². The van der Waals surface area contributed by atoms with Crippen molar-refractivity contribution < 1.29 is 0 Å². The van der Waals surface area contributed by atoms with Gasteiger partial charge in [-0.25, -0.2) is 0 Å². The molecular weight excluding hydrogens is 489 g/mol. The zero-order valence-electron chi connectivity index (χ0n) is 16.3. The normalized spacial score (nSPS) is 15.4. The molecule has 1 fully saturated rings. The van der Waals surface area contributed by atoms with Gasteiger partial charge in [0.25, 0.3) is 0 Å². The number of rotatable bonds is 7. The fourth-order valence-corrected chi connectivity index (χ4v) is 3.38. The molecule has 28 heavy (non-hydrogen) atoms. The predicted molar refractivity (Wildman–Crippen MR) is 124 cm³/mol. The molecule has 0 saturated carbocycles. The number of aliphatic imine (C=N–C) groups is 1. The summed E-state index contributed by atoms with van der Waals surface area (Å²) in [5.74, 6) is 1.01. The summed E-state index contributed by atoms with van der Waals surface area (Å²) < 4.78 is 2.01. The van der Waals surface area contributed by atoms with Gasteiger partial charge in [-0.15, -0.1) is 34.2 Å². The van der Waals surface area contributed by atoms with E-state index < -0.39 is 0 Å². The Morgan fingerprint density at radius 1 is 1.07 bits per heavy atom. The van der Waals surface area contributed by atoms with E-state index in [1.54, 1.807) is 12.7 Å². The first-order chi connectivity index (χ1) is 13.2. The maximum Gasteiger partial charge on any atom is 0.193 e. The van der Waals surface area contributed by atoms with Crippen molar-refractivity contribution in [2.24, 2.45) is 4.99 Å². The van der Waals surface area contributed by atoms with E-state index in [1.807, 2.05) is 23.7 Å². The molecule has 1 aliphatic heterocycles. The summed E-state index contributed by atoms with van der Waals surface area (Å²) in [5, 5.41) is 11.9. The van der Waals surface area contributed by atoms with Crippen LogP contribution in [-0.4, -0.2) is 70.3 Å². The van der Waals surface area contributed by atoms with Crippen LogP contribution in [0.1, 0.15) is 18.4 Å². The maximum atomic E-state index is 5.96. The van der Waals surface area contributed by atoms with Crippen LogP contribution in [0.2, 0.25) is 5.02 Å². The lowest BCUT2D eigenvalue weighted by Gasteiger charge is -2.36.